The Labute approximate surface area is 208 Å². The summed E-state index contributed by atoms with van der Waals surface area (Å²) in [7, 11) is 0. The van der Waals surface area contributed by atoms with Crippen LogP contribution >= 0.6 is 0 Å². The number of hydrogen-bond donors (Lipinski definition) is 5. The highest BCUT2D eigenvalue weighted by Crippen LogP contribution is 2.24. The molecule has 0 aliphatic carbocycles. The Morgan fingerprint density at radius 2 is 1.29 bits per heavy atom. The van der Waals surface area contributed by atoms with E-state index < -0.39 is 30.5 Å². The number of hydrogen-bond acceptors (Lipinski definition) is 7. The van der Waals surface area contributed by atoms with Gasteiger partial charge in [0.05, 0.1) is 25.4 Å². The van der Waals surface area contributed by atoms with Crippen molar-refractivity contribution in [2.75, 3.05) is 26.4 Å². The zero-order valence-corrected chi connectivity index (χ0v) is 21.8. The fraction of sp³-hybridized carbons (Fsp3) is 1.00. The average Bonchev–Trinajstić information content (AvgIpc) is 2.85. The van der Waals surface area contributed by atoms with Crippen molar-refractivity contribution in [1.82, 2.24) is 0 Å². The van der Waals surface area contributed by atoms with Crippen molar-refractivity contribution >= 4 is 0 Å². The van der Waals surface area contributed by atoms with Gasteiger partial charge in [0.25, 0.3) is 0 Å². The highest BCUT2D eigenvalue weighted by atomic mass is 16.5. The second-order valence-electron chi connectivity index (χ2n) is 10.3. The number of aliphatic hydroxyl groups is 4. The molecule has 0 bridgehead atoms. The maximum atomic E-state index is 10.1. The van der Waals surface area contributed by atoms with Crippen molar-refractivity contribution in [2.24, 2.45) is 11.7 Å². The molecule has 0 aromatic heterocycles. The highest BCUT2D eigenvalue weighted by molar-refractivity contribution is 4.94. The molecule has 204 valence electrons. The number of nitrogens with two attached hydrogens (primary N) is 1. The minimum absolute atomic E-state index is 0.0148. The van der Waals surface area contributed by atoms with Gasteiger partial charge in [0.15, 0.2) is 0 Å². The van der Waals surface area contributed by atoms with Crippen LogP contribution < -0.4 is 5.73 Å². The summed E-state index contributed by atoms with van der Waals surface area (Å²) in [5.74, 6) is -0.0148. The normalized spacial score (nSPS) is 26.1. The summed E-state index contributed by atoms with van der Waals surface area (Å²) in [6.45, 7) is 3.13. The first kappa shape index (κ1) is 31.7. The van der Waals surface area contributed by atoms with E-state index in [1.807, 2.05) is 0 Å². The predicted octanol–water partition coefficient (Wildman–Crippen LogP) is 3.68. The number of ether oxygens (including phenoxy) is 2. The van der Waals surface area contributed by atoms with E-state index >= 15 is 0 Å². The van der Waals surface area contributed by atoms with E-state index in [9.17, 15) is 20.4 Å². The first-order chi connectivity index (χ1) is 16.5. The summed E-state index contributed by atoms with van der Waals surface area (Å²) >= 11 is 0. The van der Waals surface area contributed by atoms with Gasteiger partial charge in [0.1, 0.15) is 18.3 Å². The lowest BCUT2D eigenvalue weighted by molar-refractivity contribution is -0.191. The van der Waals surface area contributed by atoms with Crippen LogP contribution in [0.15, 0.2) is 0 Å². The second-order valence-corrected chi connectivity index (χ2v) is 10.3. The SMILES string of the molecule is CCCCCCCCCCCCCCCCOC[C@@H](CO)CC[C@@H]1OC(CO)[C@@H](O)[C@H](O)C1N. The van der Waals surface area contributed by atoms with Crippen molar-refractivity contribution in [1.29, 1.82) is 0 Å². The van der Waals surface area contributed by atoms with Gasteiger partial charge in [-0.2, -0.15) is 0 Å². The molecule has 1 rings (SSSR count). The Morgan fingerprint density at radius 1 is 0.765 bits per heavy atom. The van der Waals surface area contributed by atoms with Crippen LogP contribution in [0.5, 0.6) is 0 Å². The third-order valence-electron chi connectivity index (χ3n) is 7.20. The monoisotopic (exact) mass is 489 g/mol. The van der Waals surface area contributed by atoms with Gasteiger partial charge in [-0.1, -0.05) is 90.4 Å². The summed E-state index contributed by atoms with van der Waals surface area (Å²) in [5, 5.41) is 38.9. The van der Waals surface area contributed by atoms with Crippen LogP contribution in [-0.2, 0) is 9.47 Å². The zero-order chi connectivity index (χ0) is 25.0. The molecule has 0 amide bonds. The molecule has 1 aliphatic heterocycles. The molecular formula is C27H55NO6. The molecule has 1 heterocycles. The fourth-order valence-electron chi connectivity index (χ4n) is 4.75. The minimum Gasteiger partial charge on any atom is -0.396 e. The molecule has 1 aliphatic rings. The summed E-state index contributed by atoms with van der Waals surface area (Å²) in [6, 6.07) is -0.714. The summed E-state index contributed by atoms with van der Waals surface area (Å²) in [6.07, 6.45) is 16.3. The van der Waals surface area contributed by atoms with E-state index in [1.165, 1.54) is 83.5 Å². The quantitative estimate of drug-likeness (QED) is 0.147. The summed E-state index contributed by atoms with van der Waals surface area (Å²) < 4.78 is 11.4. The maximum Gasteiger partial charge on any atom is 0.110 e. The van der Waals surface area contributed by atoms with Crippen LogP contribution in [0, 0.1) is 5.92 Å². The molecule has 7 nitrogen and oxygen atoms in total. The van der Waals surface area contributed by atoms with E-state index in [0.717, 1.165) is 6.42 Å². The molecule has 1 saturated heterocycles. The Balaban J connectivity index is 1.97. The standard InChI is InChI=1S/C27H55NO6/c1-2-3-4-5-6-7-8-9-10-11-12-13-14-15-18-33-21-22(19-29)16-17-23-25(28)27(32)26(31)24(20-30)34-23/h22-27,29-32H,2-21,28H2,1H3/t22-,23+,24?,25?,26-,27-/m1/s1. The lowest BCUT2D eigenvalue weighted by Crippen LogP contribution is -2.61. The maximum absolute atomic E-state index is 10.1. The van der Waals surface area contributed by atoms with Crippen molar-refractivity contribution < 1.29 is 29.9 Å². The van der Waals surface area contributed by atoms with Crippen LogP contribution in [0.1, 0.15) is 110 Å². The van der Waals surface area contributed by atoms with Crippen LogP contribution in [-0.4, -0.2) is 77.3 Å². The van der Waals surface area contributed by atoms with Crippen molar-refractivity contribution in [3.05, 3.63) is 0 Å². The molecule has 34 heavy (non-hydrogen) atoms. The highest BCUT2D eigenvalue weighted by Gasteiger charge is 2.42. The Hall–Kier alpha value is -0.280. The predicted molar refractivity (Wildman–Crippen MR) is 137 cm³/mol. The van der Waals surface area contributed by atoms with Gasteiger partial charge >= 0.3 is 0 Å². The summed E-state index contributed by atoms with van der Waals surface area (Å²) in [5.41, 5.74) is 5.99. The van der Waals surface area contributed by atoms with Crippen molar-refractivity contribution in [3.63, 3.8) is 0 Å². The van der Waals surface area contributed by atoms with Crippen LogP contribution in [0.3, 0.4) is 0 Å². The molecule has 1 fully saturated rings. The zero-order valence-electron chi connectivity index (χ0n) is 21.8. The van der Waals surface area contributed by atoms with Crippen LogP contribution in [0.4, 0.5) is 0 Å². The molecule has 0 aromatic carbocycles. The van der Waals surface area contributed by atoms with Gasteiger partial charge < -0.3 is 35.6 Å². The average molecular weight is 490 g/mol. The molecule has 0 radical (unpaired) electrons. The Morgan fingerprint density at radius 3 is 1.79 bits per heavy atom. The topological polar surface area (TPSA) is 125 Å². The molecule has 0 saturated carbocycles. The fourth-order valence-corrected chi connectivity index (χ4v) is 4.75. The lowest BCUT2D eigenvalue weighted by atomic mass is 9.89. The molecule has 0 aromatic rings. The lowest BCUT2D eigenvalue weighted by Gasteiger charge is -2.41. The van der Waals surface area contributed by atoms with E-state index in [-0.39, 0.29) is 19.1 Å². The van der Waals surface area contributed by atoms with Gasteiger partial charge in [-0.15, -0.1) is 0 Å². The third kappa shape index (κ3) is 13.7. The molecule has 0 spiro atoms. The van der Waals surface area contributed by atoms with Crippen molar-refractivity contribution in [2.45, 2.75) is 140 Å². The third-order valence-corrected chi connectivity index (χ3v) is 7.20. The first-order valence-corrected chi connectivity index (χ1v) is 14.1. The number of unbranched alkanes of at least 4 members (excludes halogenated alkanes) is 13. The van der Waals surface area contributed by atoms with Gasteiger partial charge in [-0.05, 0) is 19.3 Å². The molecule has 6 atom stereocenters. The van der Waals surface area contributed by atoms with Gasteiger partial charge in [0, 0.05) is 19.1 Å². The van der Waals surface area contributed by atoms with Gasteiger partial charge in [0.2, 0.25) is 0 Å². The number of aliphatic hydroxyl groups excluding tert-OH is 4. The van der Waals surface area contributed by atoms with Crippen LogP contribution in [0.25, 0.3) is 0 Å². The molecule has 6 N–H and O–H groups in total. The molecular weight excluding hydrogens is 434 g/mol. The van der Waals surface area contributed by atoms with Crippen molar-refractivity contribution in [3.8, 4) is 0 Å². The smallest absolute Gasteiger partial charge is 0.110 e. The van der Waals surface area contributed by atoms with E-state index in [1.54, 1.807) is 0 Å². The van der Waals surface area contributed by atoms with Gasteiger partial charge in [-0.25, -0.2) is 0 Å². The first-order valence-electron chi connectivity index (χ1n) is 14.1. The van der Waals surface area contributed by atoms with Gasteiger partial charge in [-0.3, -0.25) is 0 Å². The Bertz CT molecular complexity index is 453. The minimum atomic E-state index is -1.18. The summed E-state index contributed by atoms with van der Waals surface area (Å²) in [4.78, 5) is 0. The van der Waals surface area contributed by atoms with E-state index in [0.29, 0.717) is 26.1 Å². The van der Waals surface area contributed by atoms with E-state index in [2.05, 4.69) is 6.92 Å². The second kappa shape index (κ2) is 20.9. The molecule has 2 unspecified atom stereocenters. The number of rotatable bonds is 22. The van der Waals surface area contributed by atoms with E-state index in [4.69, 9.17) is 15.2 Å². The Kier molecular flexibility index (Phi) is 19.5. The van der Waals surface area contributed by atoms with Crippen LogP contribution in [0.2, 0.25) is 0 Å². The molecule has 7 heteroatoms. The largest absolute Gasteiger partial charge is 0.396 e.